The van der Waals surface area contributed by atoms with Gasteiger partial charge in [0.2, 0.25) is 5.91 Å². The maximum atomic E-state index is 11.6. The average Bonchev–Trinajstić information content (AvgIpc) is 2.38. The first-order chi connectivity index (χ1) is 9.79. The number of amides is 1. The van der Waals surface area contributed by atoms with E-state index in [1.165, 1.54) is 12.1 Å². The summed E-state index contributed by atoms with van der Waals surface area (Å²) >= 11 is 11.5. The number of rotatable bonds is 6. The molecule has 0 radical (unpaired) electrons. The number of carboxylic acids is 2. The summed E-state index contributed by atoms with van der Waals surface area (Å²) in [7, 11) is 0. The Kier molecular flexibility index (Phi) is 6.20. The fourth-order valence-electron chi connectivity index (χ4n) is 1.38. The molecular weight excluding hydrogens is 321 g/mol. The number of hydrogen-bond acceptors (Lipinski definition) is 3. The molecule has 1 aromatic rings. The predicted molar refractivity (Wildman–Crippen MR) is 77.3 cm³/mol. The molecular formula is C13H11Cl2NO5. The molecule has 3 N–H and O–H groups in total. The zero-order chi connectivity index (χ0) is 16.0. The van der Waals surface area contributed by atoms with E-state index in [0.717, 1.165) is 6.08 Å². The monoisotopic (exact) mass is 331 g/mol. The van der Waals surface area contributed by atoms with Crippen molar-refractivity contribution in [2.45, 2.75) is 12.5 Å². The van der Waals surface area contributed by atoms with Gasteiger partial charge in [0.25, 0.3) is 0 Å². The van der Waals surface area contributed by atoms with Crippen LogP contribution in [0, 0.1) is 0 Å². The van der Waals surface area contributed by atoms with Gasteiger partial charge in [0.15, 0.2) is 0 Å². The van der Waals surface area contributed by atoms with Crippen LogP contribution in [0.25, 0.3) is 6.08 Å². The van der Waals surface area contributed by atoms with E-state index in [-0.39, 0.29) is 0 Å². The molecule has 1 unspecified atom stereocenters. The number of halogens is 2. The smallest absolute Gasteiger partial charge is 0.326 e. The molecule has 0 aliphatic rings. The SMILES string of the molecule is O=C(O)CC(NC(=O)/C=C/c1ccc(Cl)c(Cl)c1)C(=O)O. The Labute approximate surface area is 130 Å². The van der Waals surface area contributed by atoms with Gasteiger partial charge in [-0.05, 0) is 23.8 Å². The molecule has 0 aliphatic carbocycles. The summed E-state index contributed by atoms with van der Waals surface area (Å²) in [5, 5.41) is 20.1. The Morgan fingerprint density at radius 3 is 2.38 bits per heavy atom. The molecule has 21 heavy (non-hydrogen) atoms. The third-order valence-corrected chi connectivity index (χ3v) is 3.10. The Hall–Kier alpha value is -2.05. The summed E-state index contributed by atoms with van der Waals surface area (Å²) in [4.78, 5) is 32.8. The maximum absolute atomic E-state index is 11.6. The second kappa shape index (κ2) is 7.66. The van der Waals surface area contributed by atoms with Gasteiger partial charge in [-0.2, -0.15) is 0 Å². The molecule has 6 nitrogen and oxygen atoms in total. The number of nitrogens with one attached hydrogen (secondary N) is 1. The third-order valence-electron chi connectivity index (χ3n) is 2.36. The van der Waals surface area contributed by atoms with Crippen LogP contribution >= 0.6 is 23.2 Å². The van der Waals surface area contributed by atoms with E-state index in [1.54, 1.807) is 12.1 Å². The van der Waals surface area contributed by atoms with Crippen LogP contribution in [0.2, 0.25) is 10.0 Å². The molecule has 112 valence electrons. The summed E-state index contributed by atoms with van der Waals surface area (Å²) in [6.07, 6.45) is 1.77. The van der Waals surface area contributed by atoms with Gasteiger partial charge in [-0.1, -0.05) is 29.3 Å². The van der Waals surface area contributed by atoms with Crippen molar-refractivity contribution in [1.29, 1.82) is 0 Å². The van der Waals surface area contributed by atoms with Gasteiger partial charge in [0, 0.05) is 6.08 Å². The number of benzene rings is 1. The van der Waals surface area contributed by atoms with Gasteiger partial charge in [-0.3, -0.25) is 9.59 Å². The topological polar surface area (TPSA) is 104 Å². The van der Waals surface area contributed by atoms with E-state index in [4.69, 9.17) is 33.4 Å². The molecule has 1 rings (SSSR count). The summed E-state index contributed by atoms with van der Waals surface area (Å²) < 4.78 is 0. The van der Waals surface area contributed by atoms with E-state index in [0.29, 0.717) is 15.6 Å². The lowest BCUT2D eigenvalue weighted by molar-refractivity contribution is -0.146. The van der Waals surface area contributed by atoms with E-state index in [1.807, 2.05) is 0 Å². The first-order valence-corrected chi connectivity index (χ1v) is 6.43. The standard InChI is InChI=1S/C13H11Cl2NO5/c14-8-3-1-7(5-9(8)15)2-4-11(17)16-10(13(20)21)6-12(18)19/h1-5,10H,6H2,(H,16,17)(H,18,19)(H,20,21)/b4-2+. The average molecular weight is 332 g/mol. The van der Waals surface area contributed by atoms with Crippen LogP contribution in [0.4, 0.5) is 0 Å². The van der Waals surface area contributed by atoms with Crippen molar-refractivity contribution in [2.75, 3.05) is 0 Å². The van der Waals surface area contributed by atoms with Gasteiger partial charge >= 0.3 is 11.9 Å². The Balaban J connectivity index is 2.70. The van der Waals surface area contributed by atoms with Crippen molar-refractivity contribution in [1.82, 2.24) is 5.32 Å². The molecule has 0 aromatic heterocycles. The van der Waals surface area contributed by atoms with Crippen LogP contribution in [0.1, 0.15) is 12.0 Å². The van der Waals surface area contributed by atoms with Gasteiger partial charge in [0.1, 0.15) is 6.04 Å². The van der Waals surface area contributed by atoms with E-state index < -0.39 is 30.3 Å². The van der Waals surface area contributed by atoms with Crippen molar-refractivity contribution in [2.24, 2.45) is 0 Å². The number of hydrogen-bond donors (Lipinski definition) is 3. The minimum atomic E-state index is -1.49. The maximum Gasteiger partial charge on any atom is 0.326 e. The first-order valence-electron chi connectivity index (χ1n) is 5.68. The largest absolute Gasteiger partial charge is 0.481 e. The van der Waals surface area contributed by atoms with Crippen LogP contribution < -0.4 is 5.32 Å². The molecule has 1 aromatic carbocycles. The van der Waals surface area contributed by atoms with Crippen molar-refractivity contribution in [3.63, 3.8) is 0 Å². The lowest BCUT2D eigenvalue weighted by Gasteiger charge is -2.10. The highest BCUT2D eigenvalue weighted by molar-refractivity contribution is 6.42. The summed E-state index contributed by atoms with van der Waals surface area (Å²) in [5.41, 5.74) is 0.588. The van der Waals surface area contributed by atoms with Crippen LogP contribution in [0.5, 0.6) is 0 Å². The number of aliphatic carboxylic acids is 2. The molecule has 1 amide bonds. The van der Waals surface area contributed by atoms with Crippen molar-refractivity contribution in [3.8, 4) is 0 Å². The van der Waals surface area contributed by atoms with Gasteiger partial charge in [0.05, 0.1) is 16.5 Å². The number of carboxylic acid groups (broad SMARTS) is 2. The van der Waals surface area contributed by atoms with Gasteiger partial charge < -0.3 is 15.5 Å². The Bertz CT molecular complexity index is 600. The second-order valence-corrected chi connectivity index (χ2v) is 4.82. The zero-order valence-corrected chi connectivity index (χ0v) is 12.1. The molecule has 8 heteroatoms. The Morgan fingerprint density at radius 2 is 1.86 bits per heavy atom. The van der Waals surface area contributed by atoms with Crippen LogP contribution in [0.15, 0.2) is 24.3 Å². The zero-order valence-electron chi connectivity index (χ0n) is 10.5. The predicted octanol–water partition coefficient (Wildman–Crippen LogP) is 2.05. The summed E-state index contributed by atoms with van der Waals surface area (Å²) in [6.45, 7) is 0. The minimum Gasteiger partial charge on any atom is -0.481 e. The van der Waals surface area contributed by atoms with E-state index in [2.05, 4.69) is 5.32 Å². The van der Waals surface area contributed by atoms with Crippen LogP contribution in [-0.4, -0.2) is 34.1 Å². The number of carbonyl (C=O) groups is 3. The molecule has 0 bridgehead atoms. The van der Waals surface area contributed by atoms with Crippen molar-refractivity contribution >= 4 is 47.1 Å². The molecule has 0 saturated carbocycles. The van der Waals surface area contributed by atoms with Gasteiger partial charge in [-0.15, -0.1) is 0 Å². The lowest BCUT2D eigenvalue weighted by atomic mass is 10.2. The van der Waals surface area contributed by atoms with E-state index in [9.17, 15) is 14.4 Å². The van der Waals surface area contributed by atoms with Gasteiger partial charge in [-0.25, -0.2) is 4.79 Å². The molecule has 0 aliphatic heterocycles. The van der Waals surface area contributed by atoms with E-state index >= 15 is 0 Å². The van der Waals surface area contributed by atoms with Crippen LogP contribution in [0.3, 0.4) is 0 Å². The quantitative estimate of drug-likeness (QED) is 0.692. The summed E-state index contributed by atoms with van der Waals surface area (Å²) in [6, 6.07) is 3.20. The Morgan fingerprint density at radius 1 is 1.19 bits per heavy atom. The molecule has 0 saturated heterocycles. The van der Waals surface area contributed by atoms with Crippen molar-refractivity contribution < 1.29 is 24.6 Å². The highest BCUT2D eigenvalue weighted by atomic mass is 35.5. The summed E-state index contributed by atoms with van der Waals surface area (Å²) in [5.74, 6) is -3.47. The van der Waals surface area contributed by atoms with Crippen LogP contribution in [-0.2, 0) is 14.4 Å². The molecule has 1 atom stereocenters. The second-order valence-electron chi connectivity index (χ2n) is 4.00. The lowest BCUT2D eigenvalue weighted by Crippen LogP contribution is -2.41. The highest BCUT2D eigenvalue weighted by Gasteiger charge is 2.21. The fourth-order valence-corrected chi connectivity index (χ4v) is 1.69. The minimum absolute atomic E-state index is 0.313. The molecule has 0 spiro atoms. The van der Waals surface area contributed by atoms with Crippen molar-refractivity contribution in [3.05, 3.63) is 39.9 Å². The fraction of sp³-hybridized carbons (Fsp3) is 0.154. The highest BCUT2D eigenvalue weighted by Crippen LogP contribution is 2.23. The molecule has 0 heterocycles. The third kappa shape index (κ3) is 5.85. The molecule has 0 fully saturated rings. The first kappa shape index (κ1) is 17.0. The number of carbonyl (C=O) groups excluding carboxylic acids is 1. The normalized spacial score (nSPS) is 12.1.